The third kappa shape index (κ3) is 3.10. The highest BCUT2D eigenvalue weighted by atomic mass is 32.1. The van der Waals surface area contributed by atoms with E-state index in [1.165, 1.54) is 11.1 Å². The summed E-state index contributed by atoms with van der Waals surface area (Å²) in [6, 6.07) is 6.43. The van der Waals surface area contributed by atoms with Crippen LogP contribution in [0.3, 0.4) is 0 Å². The molecule has 1 heterocycles. The Bertz CT molecular complexity index is 531. The molecular formula is C15H19NOS. The van der Waals surface area contributed by atoms with E-state index in [9.17, 15) is 0 Å². The molecule has 0 unspecified atom stereocenters. The normalized spacial score (nSPS) is 10.9. The Morgan fingerprint density at radius 1 is 1.28 bits per heavy atom. The molecule has 0 spiro atoms. The summed E-state index contributed by atoms with van der Waals surface area (Å²) in [5.74, 6) is 1.49. The van der Waals surface area contributed by atoms with Crippen LogP contribution in [0.5, 0.6) is 5.75 Å². The van der Waals surface area contributed by atoms with Crippen molar-refractivity contribution in [2.24, 2.45) is 0 Å². The molecule has 1 aromatic heterocycles. The second-order valence-electron chi connectivity index (χ2n) is 4.83. The van der Waals surface area contributed by atoms with Crippen LogP contribution in [-0.2, 0) is 6.61 Å². The van der Waals surface area contributed by atoms with Gasteiger partial charge in [0.05, 0.1) is 10.7 Å². The maximum absolute atomic E-state index is 5.87. The van der Waals surface area contributed by atoms with Crippen LogP contribution in [0.2, 0.25) is 0 Å². The monoisotopic (exact) mass is 261 g/mol. The minimum absolute atomic E-state index is 0.523. The Hall–Kier alpha value is -1.35. The lowest BCUT2D eigenvalue weighted by Gasteiger charge is -2.12. The van der Waals surface area contributed by atoms with Gasteiger partial charge in [-0.2, -0.15) is 0 Å². The van der Waals surface area contributed by atoms with Gasteiger partial charge in [0.1, 0.15) is 12.4 Å². The summed E-state index contributed by atoms with van der Waals surface area (Å²) in [5.41, 5.74) is 3.49. The van der Waals surface area contributed by atoms with Crippen LogP contribution in [0.15, 0.2) is 23.6 Å². The Labute approximate surface area is 113 Å². The first-order valence-electron chi connectivity index (χ1n) is 6.20. The maximum atomic E-state index is 5.87. The fourth-order valence-electron chi connectivity index (χ4n) is 1.76. The number of ether oxygens (including phenoxy) is 1. The van der Waals surface area contributed by atoms with E-state index in [4.69, 9.17) is 4.74 Å². The molecule has 0 aliphatic rings. The van der Waals surface area contributed by atoms with E-state index in [-0.39, 0.29) is 0 Å². The summed E-state index contributed by atoms with van der Waals surface area (Å²) < 4.78 is 5.87. The van der Waals surface area contributed by atoms with Crippen LogP contribution in [-0.4, -0.2) is 4.98 Å². The van der Waals surface area contributed by atoms with Gasteiger partial charge in [0.2, 0.25) is 0 Å². The van der Waals surface area contributed by atoms with Crippen molar-refractivity contribution in [3.63, 3.8) is 0 Å². The largest absolute Gasteiger partial charge is 0.487 e. The van der Waals surface area contributed by atoms with Crippen LogP contribution in [0.1, 0.15) is 41.6 Å². The first kappa shape index (κ1) is 13.1. The summed E-state index contributed by atoms with van der Waals surface area (Å²) in [6.07, 6.45) is 0. The summed E-state index contributed by atoms with van der Waals surface area (Å²) in [4.78, 5) is 4.41. The molecule has 2 nitrogen and oxygen atoms in total. The molecule has 1 aromatic carbocycles. The van der Waals surface area contributed by atoms with Crippen molar-refractivity contribution in [2.45, 2.75) is 40.2 Å². The molecule has 0 aliphatic carbocycles. The molecule has 2 aromatic rings. The van der Waals surface area contributed by atoms with Crippen molar-refractivity contribution in [1.82, 2.24) is 4.98 Å². The smallest absolute Gasteiger partial charge is 0.131 e. The highest BCUT2D eigenvalue weighted by Gasteiger charge is 2.06. The molecule has 0 radical (unpaired) electrons. The average molecular weight is 261 g/mol. The van der Waals surface area contributed by atoms with Gasteiger partial charge in [-0.05, 0) is 37.0 Å². The number of hydrogen-bond donors (Lipinski definition) is 0. The molecule has 0 amide bonds. The quantitative estimate of drug-likeness (QED) is 0.810. The molecule has 0 fully saturated rings. The van der Waals surface area contributed by atoms with E-state index in [0.717, 1.165) is 16.5 Å². The SMILES string of the molecule is Cc1nc(COc2cc(C(C)C)ccc2C)cs1. The molecule has 0 saturated heterocycles. The highest BCUT2D eigenvalue weighted by Crippen LogP contribution is 2.25. The predicted molar refractivity (Wildman–Crippen MR) is 76.5 cm³/mol. The van der Waals surface area contributed by atoms with E-state index >= 15 is 0 Å². The number of aryl methyl sites for hydroxylation is 2. The van der Waals surface area contributed by atoms with Gasteiger partial charge in [0.15, 0.2) is 0 Å². The molecule has 0 N–H and O–H groups in total. The number of aromatic nitrogens is 1. The summed E-state index contributed by atoms with van der Waals surface area (Å²) in [6.45, 7) is 9.02. The van der Waals surface area contributed by atoms with E-state index in [0.29, 0.717) is 12.5 Å². The second kappa shape index (κ2) is 5.53. The number of benzene rings is 1. The Balaban J connectivity index is 2.10. The van der Waals surface area contributed by atoms with Crippen LogP contribution in [0.4, 0.5) is 0 Å². The molecule has 0 aliphatic heterocycles. The predicted octanol–water partition coefficient (Wildman–Crippen LogP) is 4.46. The summed E-state index contributed by atoms with van der Waals surface area (Å²) >= 11 is 1.66. The van der Waals surface area contributed by atoms with Gasteiger partial charge in [-0.1, -0.05) is 26.0 Å². The first-order chi connectivity index (χ1) is 8.56. The van der Waals surface area contributed by atoms with E-state index < -0.39 is 0 Å². The van der Waals surface area contributed by atoms with Crippen molar-refractivity contribution in [3.8, 4) is 5.75 Å². The molecule has 0 saturated carbocycles. The maximum Gasteiger partial charge on any atom is 0.131 e. The Morgan fingerprint density at radius 2 is 2.06 bits per heavy atom. The number of thiazole rings is 1. The number of nitrogens with zero attached hydrogens (tertiary/aromatic N) is 1. The van der Waals surface area contributed by atoms with E-state index in [2.05, 4.69) is 49.3 Å². The zero-order chi connectivity index (χ0) is 13.1. The van der Waals surface area contributed by atoms with Crippen molar-refractivity contribution >= 4 is 11.3 Å². The van der Waals surface area contributed by atoms with Gasteiger partial charge in [0, 0.05) is 5.38 Å². The van der Waals surface area contributed by atoms with Gasteiger partial charge < -0.3 is 4.74 Å². The molecule has 18 heavy (non-hydrogen) atoms. The third-order valence-corrected chi connectivity index (χ3v) is 3.74. The summed E-state index contributed by atoms with van der Waals surface area (Å²) in [5, 5.41) is 3.14. The Kier molecular flexibility index (Phi) is 4.02. The standard InChI is InChI=1S/C15H19NOS/c1-10(2)13-6-5-11(3)15(7-13)17-8-14-9-18-12(4)16-14/h5-7,9-10H,8H2,1-4H3. The zero-order valence-electron chi connectivity index (χ0n) is 11.4. The van der Waals surface area contributed by atoms with Gasteiger partial charge >= 0.3 is 0 Å². The van der Waals surface area contributed by atoms with Gasteiger partial charge in [-0.15, -0.1) is 11.3 Å². The van der Waals surface area contributed by atoms with Crippen molar-refractivity contribution in [2.75, 3.05) is 0 Å². The van der Waals surface area contributed by atoms with Crippen LogP contribution in [0.25, 0.3) is 0 Å². The lowest BCUT2D eigenvalue weighted by molar-refractivity contribution is 0.299. The first-order valence-corrected chi connectivity index (χ1v) is 7.08. The topological polar surface area (TPSA) is 22.1 Å². The van der Waals surface area contributed by atoms with Gasteiger partial charge in [-0.3, -0.25) is 0 Å². The lowest BCUT2D eigenvalue weighted by atomic mass is 10.0. The lowest BCUT2D eigenvalue weighted by Crippen LogP contribution is -1.99. The zero-order valence-corrected chi connectivity index (χ0v) is 12.2. The van der Waals surface area contributed by atoms with Crippen LogP contribution >= 0.6 is 11.3 Å². The number of rotatable bonds is 4. The van der Waals surface area contributed by atoms with Gasteiger partial charge in [-0.25, -0.2) is 4.98 Å². The minimum Gasteiger partial charge on any atom is -0.487 e. The molecule has 0 bridgehead atoms. The molecule has 96 valence electrons. The number of hydrogen-bond acceptors (Lipinski definition) is 3. The van der Waals surface area contributed by atoms with Crippen molar-refractivity contribution in [1.29, 1.82) is 0 Å². The second-order valence-corrected chi connectivity index (χ2v) is 5.89. The fraction of sp³-hybridized carbons (Fsp3) is 0.400. The van der Waals surface area contributed by atoms with E-state index in [1.54, 1.807) is 11.3 Å². The molecular weight excluding hydrogens is 242 g/mol. The van der Waals surface area contributed by atoms with Crippen molar-refractivity contribution in [3.05, 3.63) is 45.4 Å². The minimum atomic E-state index is 0.523. The third-order valence-electron chi connectivity index (χ3n) is 2.92. The Morgan fingerprint density at radius 3 is 2.67 bits per heavy atom. The fourth-order valence-corrected chi connectivity index (χ4v) is 2.35. The van der Waals surface area contributed by atoms with Crippen LogP contribution < -0.4 is 4.74 Å². The molecule has 2 rings (SSSR count). The molecule has 0 atom stereocenters. The summed E-state index contributed by atoms with van der Waals surface area (Å²) in [7, 11) is 0. The van der Waals surface area contributed by atoms with Crippen LogP contribution in [0, 0.1) is 13.8 Å². The van der Waals surface area contributed by atoms with E-state index in [1.807, 2.05) is 6.92 Å². The highest BCUT2D eigenvalue weighted by molar-refractivity contribution is 7.09. The average Bonchev–Trinajstić information content (AvgIpc) is 2.74. The molecule has 3 heteroatoms. The van der Waals surface area contributed by atoms with Crippen molar-refractivity contribution < 1.29 is 4.74 Å². The van der Waals surface area contributed by atoms with Gasteiger partial charge in [0.25, 0.3) is 0 Å².